The molecule has 6 heteroatoms. The molecule has 0 aliphatic heterocycles. The molecule has 1 amide bonds. The molecule has 19 heavy (non-hydrogen) atoms. The van der Waals surface area contributed by atoms with E-state index in [1.54, 1.807) is 11.3 Å². The number of thiophene rings is 1. The first-order valence-corrected chi connectivity index (χ1v) is 8.27. The molecule has 1 aliphatic rings. The Hall–Kier alpha value is -0.430. The van der Waals surface area contributed by atoms with E-state index >= 15 is 0 Å². The molecule has 1 aromatic rings. The van der Waals surface area contributed by atoms with Crippen molar-refractivity contribution < 1.29 is 4.79 Å². The number of carbonyl (C=O) groups is 1. The second-order valence-electron chi connectivity index (χ2n) is 5.00. The van der Waals surface area contributed by atoms with Gasteiger partial charge in [-0.15, -0.1) is 11.3 Å². The maximum Gasteiger partial charge on any atom is 0.231 e. The second kappa shape index (κ2) is 6.83. The van der Waals surface area contributed by atoms with E-state index < -0.39 is 0 Å². The fraction of sp³-hybridized carbons (Fsp3) is 0.615. The number of amides is 1. The van der Waals surface area contributed by atoms with Gasteiger partial charge in [-0.05, 0) is 34.8 Å². The summed E-state index contributed by atoms with van der Waals surface area (Å²) < 4.78 is 1.07. The molecule has 1 unspecified atom stereocenters. The summed E-state index contributed by atoms with van der Waals surface area (Å²) in [5.74, 6) is -0.277. The van der Waals surface area contributed by atoms with Gasteiger partial charge in [0, 0.05) is 27.3 Å². The van der Waals surface area contributed by atoms with Crippen LogP contribution in [0.4, 0.5) is 0 Å². The first-order valence-electron chi connectivity index (χ1n) is 6.60. The minimum atomic E-state index is -0.277. The lowest BCUT2D eigenvalue weighted by atomic mass is 10.1. The highest BCUT2D eigenvalue weighted by atomic mass is 79.9. The normalized spacial score (nSPS) is 18.1. The summed E-state index contributed by atoms with van der Waals surface area (Å²) in [6.07, 6.45) is 4.73. The zero-order chi connectivity index (χ0) is 13.8. The maximum absolute atomic E-state index is 11.4. The molecule has 1 saturated carbocycles. The van der Waals surface area contributed by atoms with Gasteiger partial charge in [-0.25, -0.2) is 0 Å². The van der Waals surface area contributed by atoms with Crippen molar-refractivity contribution in [3.8, 4) is 0 Å². The molecule has 2 rings (SSSR count). The standard InChI is InChI=1S/C13H20BrN3OS/c14-9-5-12(19-8-9)11(6-15)17(7-13(16)18)10-3-1-2-4-10/h5,8,10-11H,1-4,6-7,15H2,(H2,16,18). The van der Waals surface area contributed by atoms with Gasteiger partial charge in [-0.1, -0.05) is 12.8 Å². The Labute approximate surface area is 126 Å². The minimum Gasteiger partial charge on any atom is -0.369 e. The number of halogens is 1. The van der Waals surface area contributed by atoms with Crippen LogP contribution < -0.4 is 11.5 Å². The lowest BCUT2D eigenvalue weighted by Gasteiger charge is -2.34. The largest absolute Gasteiger partial charge is 0.369 e. The number of carbonyl (C=O) groups excluding carboxylic acids is 1. The molecule has 1 aliphatic carbocycles. The van der Waals surface area contributed by atoms with Gasteiger partial charge in [0.2, 0.25) is 5.91 Å². The number of nitrogens with zero attached hydrogens (tertiary/aromatic N) is 1. The smallest absolute Gasteiger partial charge is 0.231 e. The van der Waals surface area contributed by atoms with Gasteiger partial charge in [0.05, 0.1) is 12.6 Å². The van der Waals surface area contributed by atoms with E-state index in [-0.39, 0.29) is 11.9 Å². The highest BCUT2D eigenvalue weighted by molar-refractivity contribution is 9.10. The van der Waals surface area contributed by atoms with Crippen molar-refractivity contribution in [3.63, 3.8) is 0 Å². The summed E-state index contributed by atoms with van der Waals surface area (Å²) >= 11 is 5.15. The first-order chi connectivity index (χ1) is 9.11. The molecule has 0 bridgehead atoms. The average molecular weight is 346 g/mol. The number of hydrogen-bond acceptors (Lipinski definition) is 4. The zero-order valence-electron chi connectivity index (χ0n) is 10.8. The van der Waals surface area contributed by atoms with Crippen molar-refractivity contribution in [2.75, 3.05) is 13.1 Å². The molecular formula is C13H20BrN3OS. The molecule has 1 heterocycles. The second-order valence-corrected chi connectivity index (χ2v) is 6.85. The predicted molar refractivity (Wildman–Crippen MR) is 82.0 cm³/mol. The van der Waals surface area contributed by atoms with Crippen LogP contribution in [-0.2, 0) is 4.79 Å². The van der Waals surface area contributed by atoms with Crippen LogP contribution in [0, 0.1) is 0 Å². The number of hydrogen-bond donors (Lipinski definition) is 2. The molecular weight excluding hydrogens is 326 g/mol. The zero-order valence-corrected chi connectivity index (χ0v) is 13.3. The van der Waals surface area contributed by atoms with Gasteiger partial charge in [-0.3, -0.25) is 9.69 Å². The average Bonchev–Trinajstić information content (AvgIpc) is 2.99. The predicted octanol–water partition coefficient (Wildman–Crippen LogP) is 2.24. The minimum absolute atomic E-state index is 0.0897. The third-order valence-electron chi connectivity index (χ3n) is 3.67. The van der Waals surface area contributed by atoms with Crippen molar-refractivity contribution in [3.05, 3.63) is 20.8 Å². The van der Waals surface area contributed by atoms with Gasteiger partial charge < -0.3 is 11.5 Å². The molecule has 0 spiro atoms. The lowest BCUT2D eigenvalue weighted by Crippen LogP contribution is -2.44. The van der Waals surface area contributed by atoms with Gasteiger partial charge >= 0.3 is 0 Å². The van der Waals surface area contributed by atoms with Crippen LogP contribution in [0.1, 0.15) is 36.6 Å². The van der Waals surface area contributed by atoms with Crippen LogP contribution in [0.25, 0.3) is 0 Å². The Kier molecular flexibility index (Phi) is 5.38. The van der Waals surface area contributed by atoms with Crippen molar-refractivity contribution in [1.29, 1.82) is 0 Å². The van der Waals surface area contributed by atoms with Crippen LogP contribution in [-0.4, -0.2) is 29.9 Å². The van der Waals surface area contributed by atoms with Crippen LogP contribution in [0.2, 0.25) is 0 Å². The number of rotatable bonds is 6. The highest BCUT2D eigenvalue weighted by Gasteiger charge is 2.30. The Morgan fingerprint density at radius 1 is 1.53 bits per heavy atom. The summed E-state index contributed by atoms with van der Waals surface area (Å²) in [6, 6.07) is 2.61. The van der Waals surface area contributed by atoms with E-state index in [0.717, 1.165) is 17.3 Å². The lowest BCUT2D eigenvalue weighted by molar-refractivity contribution is -0.120. The van der Waals surface area contributed by atoms with E-state index in [1.807, 2.05) is 0 Å². The highest BCUT2D eigenvalue weighted by Crippen LogP contribution is 2.34. The van der Waals surface area contributed by atoms with Gasteiger partial charge in [-0.2, -0.15) is 0 Å². The summed E-state index contributed by atoms with van der Waals surface area (Å²) in [5, 5.41) is 2.05. The van der Waals surface area contributed by atoms with E-state index in [9.17, 15) is 4.79 Å². The Bertz CT molecular complexity index is 431. The summed E-state index contributed by atoms with van der Waals surface area (Å²) in [7, 11) is 0. The van der Waals surface area contributed by atoms with Crippen molar-refractivity contribution in [2.45, 2.75) is 37.8 Å². The van der Waals surface area contributed by atoms with E-state index in [0.29, 0.717) is 19.1 Å². The van der Waals surface area contributed by atoms with Crippen molar-refractivity contribution in [1.82, 2.24) is 4.90 Å². The topological polar surface area (TPSA) is 72.3 Å². The third kappa shape index (κ3) is 3.78. The molecule has 4 nitrogen and oxygen atoms in total. The first kappa shape index (κ1) is 15.0. The van der Waals surface area contributed by atoms with Gasteiger partial charge in [0.25, 0.3) is 0 Å². The molecule has 1 aromatic heterocycles. The van der Waals surface area contributed by atoms with E-state index in [4.69, 9.17) is 11.5 Å². The molecule has 0 radical (unpaired) electrons. The fourth-order valence-corrected chi connectivity index (χ4v) is 4.41. The van der Waals surface area contributed by atoms with Gasteiger partial charge in [0.15, 0.2) is 0 Å². The van der Waals surface area contributed by atoms with Crippen LogP contribution >= 0.6 is 27.3 Å². The maximum atomic E-state index is 11.4. The van der Waals surface area contributed by atoms with E-state index in [1.165, 1.54) is 17.7 Å². The molecule has 0 aromatic carbocycles. The molecule has 4 N–H and O–H groups in total. The Balaban J connectivity index is 2.20. The molecule has 106 valence electrons. The van der Waals surface area contributed by atoms with Crippen LogP contribution in [0.15, 0.2) is 15.9 Å². The summed E-state index contributed by atoms with van der Waals surface area (Å²) in [4.78, 5) is 14.8. The molecule has 1 fully saturated rings. The summed E-state index contributed by atoms with van der Waals surface area (Å²) in [5.41, 5.74) is 11.4. The monoisotopic (exact) mass is 345 g/mol. The van der Waals surface area contributed by atoms with Gasteiger partial charge in [0.1, 0.15) is 0 Å². The number of nitrogens with two attached hydrogens (primary N) is 2. The molecule has 1 atom stereocenters. The van der Waals surface area contributed by atoms with Crippen LogP contribution in [0.3, 0.4) is 0 Å². The van der Waals surface area contributed by atoms with Crippen LogP contribution in [0.5, 0.6) is 0 Å². The fourth-order valence-electron chi connectivity index (χ4n) is 2.83. The molecule has 0 saturated heterocycles. The van der Waals surface area contributed by atoms with Crippen molar-refractivity contribution >= 4 is 33.2 Å². The quantitative estimate of drug-likeness (QED) is 0.830. The van der Waals surface area contributed by atoms with Crippen molar-refractivity contribution in [2.24, 2.45) is 11.5 Å². The Morgan fingerprint density at radius 3 is 2.68 bits per heavy atom. The third-order valence-corrected chi connectivity index (χ3v) is 5.47. The van der Waals surface area contributed by atoms with E-state index in [2.05, 4.69) is 32.3 Å². The number of primary amides is 1. The summed E-state index contributed by atoms with van der Waals surface area (Å²) in [6.45, 7) is 0.804. The Morgan fingerprint density at radius 2 is 2.21 bits per heavy atom. The SMILES string of the molecule is NCC(c1cc(Br)cs1)N(CC(N)=O)C1CCCC1.